The third kappa shape index (κ3) is 5.53. The van der Waals surface area contributed by atoms with Gasteiger partial charge in [-0.3, -0.25) is 4.79 Å². The predicted molar refractivity (Wildman–Crippen MR) is 90.4 cm³/mol. The lowest BCUT2D eigenvalue weighted by Gasteiger charge is -2.30. The van der Waals surface area contributed by atoms with Crippen LogP contribution < -0.4 is 0 Å². The molecule has 0 saturated heterocycles. The fourth-order valence-corrected chi connectivity index (χ4v) is 3.48. The van der Waals surface area contributed by atoms with Crippen molar-refractivity contribution in [2.24, 2.45) is 17.8 Å². The second-order valence-electron chi connectivity index (χ2n) is 8.86. The van der Waals surface area contributed by atoms with Gasteiger partial charge in [0.05, 0.1) is 6.42 Å². The van der Waals surface area contributed by atoms with Gasteiger partial charge in [0, 0.05) is 5.92 Å². The van der Waals surface area contributed by atoms with Gasteiger partial charge in [-0.25, -0.2) is 4.79 Å². The minimum absolute atomic E-state index is 0.0677. The van der Waals surface area contributed by atoms with Gasteiger partial charge in [0.25, 0.3) is 0 Å². The van der Waals surface area contributed by atoms with Crippen LogP contribution >= 0.6 is 0 Å². The fourth-order valence-electron chi connectivity index (χ4n) is 3.48. The van der Waals surface area contributed by atoms with E-state index in [9.17, 15) is 9.59 Å². The van der Waals surface area contributed by atoms with Crippen molar-refractivity contribution >= 4 is 12.1 Å². The number of carbonyl (C=O) groups is 2. The third-order valence-electron chi connectivity index (χ3n) is 4.23. The van der Waals surface area contributed by atoms with Crippen LogP contribution in [0.4, 0.5) is 4.79 Å². The molecule has 24 heavy (non-hydrogen) atoms. The Kier molecular flexibility index (Phi) is 5.31. The Morgan fingerprint density at radius 1 is 1.00 bits per heavy atom. The molecule has 2 bridgehead atoms. The summed E-state index contributed by atoms with van der Waals surface area (Å²) in [5.41, 5.74) is -1.18. The standard InChI is InChI=1S/C19H30O5/c1-18(2,3)23-16(20)11-15(22-17(21)24-19(4,5)6)14-10-12-7-8-13(14)9-12/h7-8,12-15H,9-11H2,1-6H3. The van der Waals surface area contributed by atoms with E-state index < -0.39 is 23.5 Å². The highest BCUT2D eigenvalue weighted by Crippen LogP contribution is 2.46. The Bertz CT molecular complexity index is 479. The number of hydrogen-bond donors (Lipinski definition) is 0. The highest BCUT2D eigenvalue weighted by Gasteiger charge is 2.43. The SMILES string of the molecule is CC(C)(C)OC(=O)CC(OC(=O)OC(C)(C)C)C1CC2C=CC1C2. The first-order chi connectivity index (χ1) is 10.9. The Balaban J connectivity index is 2.03. The number of rotatable bonds is 4. The lowest BCUT2D eigenvalue weighted by atomic mass is 9.87. The highest BCUT2D eigenvalue weighted by atomic mass is 16.7. The summed E-state index contributed by atoms with van der Waals surface area (Å²) >= 11 is 0. The van der Waals surface area contributed by atoms with Crippen molar-refractivity contribution in [1.29, 1.82) is 0 Å². The van der Waals surface area contributed by atoms with Gasteiger partial charge in [0.15, 0.2) is 0 Å². The maximum Gasteiger partial charge on any atom is 0.509 e. The molecule has 4 unspecified atom stereocenters. The number of fused-ring (bicyclic) bond motifs is 2. The van der Waals surface area contributed by atoms with Gasteiger partial charge in [0.1, 0.15) is 17.3 Å². The van der Waals surface area contributed by atoms with Gasteiger partial charge in [-0.1, -0.05) is 12.2 Å². The molecule has 1 fully saturated rings. The summed E-state index contributed by atoms with van der Waals surface area (Å²) < 4.78 is 16.2. The Morgan fingerprint density at radius 2 is 1.62 bits per heavy atom. The lowest BCUT2D eigenvalue weighted by molar-refractivity contribution is -0.158. The molecule has 0 amide bonds. The van der Waals surface area contributed by atoms with Crippen LogP contribution in [-0.2, 0) is 19.0 Å². The predicted octanol–water partition coefficient (Wildman–Crippen LogP) is 4.25. The van der Waals surface area contributed by atoms with Crippen molar-refractivity contribution in [3.05, 3.63) is 12.2 Å². The molecular weight excluding hydrogens is 308 g/mol. The molecule has 2 aliphatic rings. The number of allylic oxidation sites excluding steroid dienone is 2. The smallest absolute Gasteiger partial charge is 0.460 e. The Hall–Kier alpha value is -1.52. The molecule has 4 atom stereocenters. The third-order valence-corrected chi connectivity index (χ3v) is 4.23. The van der Waals surface area contributed by atoms with Gasteiger partial charge in [-0.05, 0) is 66.2 Å². The summed E-state index contributed by atoms with van der Waals surface area (Å²) in [7, 11) is 0. The molecule has 0 spiro atoms. The molecule has 0 aliphatic heterocycles. The highest BCUT2D eigenvalue weighted by molar-refractivity contribution is 5.71. The molecule has 0 N–H and O–H groups in total. The van der Waals surface area contributed by atoms with Crippen molar-refractivity contribution in [1.82, 2.24) is 0 Å². The van der Waals surface area contributed by atoms with Crippen LogP contribution in [-0.4, -0.2) is 29.4 Å². The quantitative estimate of drug-likeness (QED) is 0.566. The van der Waals surface area contributed by atoms with Gasteiger partial charge in [0.2, 0.25) is 0 Å². The van der Waals surface area contributed by atoms with Crippen molar-refractivity contribution in [3.8, 4) is 0 Å². The van der Waals surface area contributed by atoms with Crippen LogP contribution in [0.1, 0.15) is 60.8 Å². The summed E-state index contributed by atoms with van der Waals surface area (Å²) in [5, 5.41) is 0. The topological polar surface area (TPSA) is 61.8 Å². The van der Waals surface area contributed by atoms with E-state index in [-0.39, 0.29) is 18.3 Å². The van der Waals surface area contributed by atoms with Crippen LogP contribution in [0.3, 0.4) is 0 Å². The first kappa shape index (κ1) is 18.8. The summed E-state index contributed by atoms with van der Waals surface area (Å²) in [5.74, 6) is 0.705. The monoisotopic (exact) mass is 338 g/mol. The largest absolute Gasteiger partial charge is 0.509 e. The van der Waals surface area contributed by atoms with Gasteiger partial charge in [-0.2, -0.15) is 0 Å². The summed E-state index contributed by atoms with van der Waals surface area (Å²) in [6.07, 6.45) is 5.26. The minimum atomic E-state index is -0.720. The molecule has 2 rings (SSSR count). The molecule has 0 heterocycles. The van der Waals surface area contributed by atoms with E-state index in [0.717, 1.165) is 12.8 Å². The number of hydrogen-bond acceptors (Lipinski definition) is 5. The summed E-state index contributed by atoms with van der Waals surface area (Å²) in [6, 6.07) is 0. The van der Waals surface area contributed by atoms with Crippen LogP contribution in [0.5, 0.6) is 0 Å². The van der Waals surface area contributed by atoms with Gasteiger partial charge < -0.3 is 14.2 Å². The molecule has 2 aliphatic carbocycles. The Labute approximate surface area is 144 Å². The number of ether oxygens (including phenoxy) is 3. The van der Waals surface area contributed by atoms with E-state index in [2.05, 4.69) is 12.2 Å². The normalized spacial score (nSPS) is 27.0. The van der Waals surface area contributed by atoms with Crippen molar-refractivity contribution < 1.29 is 23.8 Å². The summed E-state index contributed by atoms with van der Waals surface area (Å²) in [6.45, 7) is 10.9. The van der Waals surface area contributed by atoms with Gasteiger partial charge in [-0.15, -0.1) is 0 Å². The molecule has 0 aromatic carbocycles. The molecule has 136 valence electrons. The molecule has 0 radical (unpaired) electrons. The van der Waals surface area contributed by atoms with Crippen LogP contribution in [0.2, 0.25) is 0 Å². The zero-order valence-corrected chi connectivity index (χ0v) is 15.6. The first-order valence-corrected chi connectivity index (χ1v) is 8.73. The molecule has 1 saturated carbocycles. The van der Waals surface area contributed by atoms with E-state index in [0.29, 0.717) is 11.8 Å². The van der Waals surface area contributed by atoms with Crippen molar-refractivity contribution in [3.63, 3.8) is 0 Å². The number of carbonyl (C=O) groups excluding carboxylic acids is 2. The van der Waals surface area contributed by atoms with E-state index >= 15 is 0 Å². The van der Waals surface area contributed by atoms with Crippen LogP contribution in [0.25, 0.3) is 0 Å². The fraction of sp³-hybridized carbons (Fsp3) is 0.789. The zero-order valence-electron chi connectivity index (χ0n) is 15.6. The maximum absolute atomic E-state index is 12.2. The molecule has 5 heteroatoms. The summed E-state index contributed by atoms with van der Waals surface area (Å²) in [4.78, 5) is 24.3. The molecular formula is C19H30O5. The van der Waals surface area contributed by atoms with E-state index in [1.54, 1.807) is 20.8 Å². The molecule has 0 aromatic rings. The minimum Gasteiger partial charge on any atom is -0.460 e. The van der Waals surface area contributed by atoms with Gasteiger partial charge >= 0.3 is 12.1 Å². The Morgan fingerprint density at radius 3 is 2.08 bits per heavy atom. The molecule has 5 nitrogen and oxygen atoms in total. The van der Waals surface area contributed by atoms with E-state index in [1.165, 1.54) is 0 Å². The second kappa shape index (κ2) is 6.77. The second-order valence-corrected chi connectivity index (χ2v) is 8.86. The van der Waals surface area contributed by atoms with Crippen molar-refractivity contribution in [2.45, 2.75) is 78.1 Å². The lowest BCUT2D eigenvalue weighted by Crippen LogP contribution is -2.36. The van der Waals surface area contributed by atoms with Crippen molar-refractivity contribution in [2.75, 3.05) is 0 Å². The maximum atomic E-state index is 12.2. The number of esters is 1. The first-order valence-electron chi connectivity index (χ1n) is 8.73. The van der Waals surface area contributed by atoms with E-state index in [1.807, 2.05) is 20.8 Å². The van der Waals surface area contributed by atoms with Crippen LogP contribution in [0.15, 0.2) is 12.2 Å². The average molecular weight is 338 g/mol. The van der Waals surface area contributed by atoms with Crippen LogP contribution in [0, 0.1) is 17.8 Å². The average Bonchev–Trinajstić information content (AvgIpc) is 2.94. The molecule has 0 aromatic heterocycles. The van der Waals surface area contributed by atoms with E-state index in [4.69, 9.17) is 14.2 Å². The zero-order chi connectivity index (χ0) is 18.1.